The Bertz CT molecular complexity index is 1060. The second-order valence-electron chi connectivity index (χ2n) is 7.11. The molecule has 4 rings (SSSR count). The first kappa shape index (κ1) is 24.9. The average Bonchev–Trinajstić information content (AvgIpc) is 3.18. The normalized spacial score (nSPS) is 13.9. The van der Waals surface area contributed by atoms with Crippen LogP contribution in [0, 0.1) is 27.3 Å². The molecule has 1 aliphatic rings. The van der Waals surface area contributed by atoms with E-state index < -0.39 is 10.2 Å². The SMILES string of the molecule is Cc1ccc(-c2nc(N3CCOCC3)s[n+]2Cc2ccc([N+](=O)[O-])cc2)cc1.[O-][Cl+3]([O-])([O-])[O-]. The van der Waals surface area contributed by atoms with E-state index >= 15 is 0 Å². The molecule has 0 bridgehead atoms. The first-order valence-corrected chi connectivity index (χ1v) is 11.8. The van der Waals surface area contributed by atoms with Gasteiger partial charge >= 0.3 is 11.0 Å². The third kappa shape index (κ3) is 7.68. The van der Waals surface area contributed by atoms with Crippen molar-refractivity contribution >= 4 is 22.4 Å². The van der Waals surface area contributed by atoms with Gasteiger partial charge in [0.2, 0.25) is 0 Å². The molecule has 0 atom stereocenters. The number of anilines is 1. The predicted octanol–water partition coefficient (Wildman–Crippen LogP) is -1.56. The van der Waals surface area contributed by atoms with Crippen LogP contribution in [0.25, 0.3) is 11.4 Å². The molecular weight excluding hydrogens is 476 g/mol. The summed E-state index contributed by atoms with van der Waals surface area (Å²) < 4.78 is 41.6. The summed E-state index contributed by atoms with van der Waals surface area (Å²) >= 11 is 1.61. The number of halogens is 1. The van der Waals surface area contributed by atoms with E-state index in [1.54, 1.807) is 35.8 Å². The van der Waals surface area contributed by atoms with Gasteiger partial charge in [-0.2, -0.15) is 3.96 Å². The number of morpholine rings is 1. The lowest BCUT2D eigenvalue weighted by atomic mass is 10.1. The number of benzene rings is 2. The third-order valence-corrected chi connectivity index (χ3v) is 5.73. The minimum Gasteiger partial charge on any atom is -0.378 e. The second-order valence-corrected chi connectivity index (χ2v) is 8.86. The lowest BCUT2D eigenvalue weighted by Gasteiger charge is -2.23. The quantitative estimate of drug-likeness (QED) is 0.231. The number of nitro benzene ring substituents is 1. The fourth-order valence-electron chi connectivity index (χ4n) is 3.10. The molecule has 3 aromatic rings. The van der Waals surface area contributed by atoms with Crippen LogP contribution in [0.15, 0.2) is 48.5 Å². The third-order valence-electron chi connectivity index (χ3n) is 4.69. The molecule has 0 spiro atoms. The van der Waals surface area contributed by atoms with Crippen molar-refractivity contribution in [2.75, 3.05) is 31.2 Å². The Morgan fingerprint density at radius 2 is 1.64 bits per heavy atom. The van der Waals surface area contributed by atoms with Crippen LogP contribution in [0.3, 0.4) is 0 Å². The fraction of sp³-hybridized carbons (Fsp3) is 0.300. The molecule has 1 aromatic heterocycles. The predicted molar refractivity (Wildman–Crippen MR) is 108 cm³/mol. The molecule has 33 heavy (non-hydrogen) atoms. The summed E-state index contributed by atoms with van der Waals surface area (Å²) in [6, 6.07) is 15.0. The van der Waals surface area contributed by atoms with Gasteiger partial charge in [0, 0.05) is 25.2 Å². The van der Waals surface area contributed by atoms with Gasteiger partial charge in [0.1, 0.15) is 18.1 Å². The van der Waals surface area contributed by atoms with E-state index in [0.717, 1.165) is 35.2 Å². The molecule has 0 unspecified atom stereocenters. The van der Waals surface area contributed by atoms with Crippen LogP contribution >= 0.6 is 11.5 Å². The van der Waals surface area contributed by atoms with Crippen molar-refractivity contribution in [3.63, 3.8) is 0 Å². The summed E-state index contributed by atoms with van der Waals surface area (Å²) in [5.41, 5.74) is 3.37. The molecule has 0 aliphatic carbocycles. The number of ether oxygens (including phenoxy) is 1. The van der Waals surface area contributed by atoms with Crippen LogP contribution in [-0.2, 0) is 11.3 Å². The van der Waals surface area contributed by atoms with E-state index in [9.17, 15) is 10.1 Å². The van der Waals surface area contributed by atoms with Crippen LogP contribution in [0.5, 0.6) is 0 Å². The number of rotatable bonds is 5. The molecule has 0 N–H and O–H groups in total. The molecule has 2 heterocycles. The maximum Gasteiger partial charge on any atom is 0.345 e. The first-order valence-electron chi connectivity index (χ1n) is 9.76. The topological polar surface area (TPSA) is 165 Å². The molecule has 176 valence electrons. The number of hydrogen-bond acceptors (Lipinski definition) is 10. The average molecular weight is 497 g/mol. The van der Waals surface area contributed by atoms with Gasteiger partial charge in [-0.05, 0) is 41.7 Å². The van der Waals surface area contributed by atoms with Crippen molar-refractivity contribution in [1.82, 2.24) is 4.98 Å². The van der Waals surface area contributed by atoms with Crippen molar-refractivity contribution in [3.05, 3.63) is 69.8 Å². The van der Waals surface area contributed by atoms with Crippen LogP contribution in [0.1, 0.15) is 11.1 Å². The van der Waals surface area contributed by atoms with Gasteiger partial charge in [-0.3, -0.25) is 10.1 Å². The fourth-order valence-corrected chi connectivity index (χ4v) is 4.17. The van der Waals surface area contributed by atoms with Gasteiger partial charge in [0.15, 0.2) is 0 Å². The van der Waals surface area contributed by atoms with Crippen molar-refractivity contribution in [1.29, 1.82) is 0 Å². The van der Waals surface area contributed by atoms with E-state index in [0.29, 0.717) is 19.8 Å². The van der Waals surface area contributed by atoms with E-state index in [2.05, 4.69) is 40.0 Å². The molecule has 2 aromatic carbocycles. The first-order chi connectivity index (χ1) is 15.6. The van der Waals surface area contributed by atoms with E-state index in [1.165, 1.54) is 5.56 Å². The highest BCUT2D eigenvalue weighted by Crippen LogP contribution is 2.24. The lowest BCUT2D eigenvalue weighted by Crippen LogP contribution is -2.68. The van der Waals surface area contributed by atoms with Gasteiger partial charge in [0.05, 0.1) is 23.7 Å². The molecule has 0 radical (unpaired) electrons. The van der Waals surface area contributed by atoms with Gasteiger partial charge in [-0.25, -0.2) is 18.6 Å². The van der Waals surface area contributed by atoms with Gasteiger partial charge in [0.25, 0.3) is 5.69 Å². The van der Waals surface area contributed by atoms with Crippen LogP contribution < -0.4 is 27.5 Å². The maximum atomic E-state index is 10.9. The van der Waals surface area contributed by atoms with Gasteiger partial charge in [-0.15, -0.1) is 10.2 Å². The van der Waals surface area contributed by atoms with Crippen molar-refractivity contribution in [2.45, 2.75) is 13.5 Å². The Balaban J connectivity index is 0.000000555. The summed E-state index contributed by atoms with van der Waals surface area (Å²) in [5.74, 6) is 0.907. The van der Waals surface area contributed by atoms with E-state index in [4.69, 9.17) is 28.4 Å². The molecule has 0 saturated carbocycles. The molecule has 13 heteroatoms. The van der Waals surface area contributed by atoms with Crippen LogP contribution in [0.2, 0.25) is 0 Å². The Morgan fingerprint density at radius 3 is 2.18 bits per heavy atom. The van der Waals surface area contributed by atoms with Crippen LogP contribution in [-0.4, -0.2) is 36.2 Å². The highest BCUT2D eigenvalue weighted by molar-refractivity contribution is 7.06. The van der Waals surface area contributed by atoms with Crippen molar-refractivity contribution in [2.24, 2.45) is 0 Å². The number of nitro groups is 1. The number of aromatic nitrogens is 2. The highest BCUT2D eigenvalue weighted by Gasteiger charge is 2.27. The van der Waals surface area contributed by atoms with E-state index in [-0.39, 0.29) is 10.6 Å². The summed E-state index contributed by atoms with van der Waals surface area (Å²) in [5, 5.41) is 11.9. The smallest absolute Gasteiger partial charge is 0.345 e. The monoisotopic (exact) mass is 496 g/mol. The number of nitrogens with zero attached hydrogens (tertiary/aromatic N) is 4. The largest absolute Gasteiger partial charge is 0.378 e. The van der Waals surface area contributed by atoms with Gasteiger partial charge in [-0.1, -0.05) is 17.7 Å². The molecule has 1 aliphatic heterocycles. The molecule has 11 nitrogen and oxygen atoms in total. The highest BCUT2D eigenvalue weighted by atomic mass is 35.7. The second kappa shape index (κ2) is 10.9. The lowest BCUT2D eigenvalue weighted by molar-refractivity contribution is -2.00. The zero-order chi connectivity index (χ0) is 24.0. The Labute approximate surface area is 195 Å². The number of non-ortho nitro benzene ring substituents is 1. The van der Waals surface area contributed by atoms with Crippen molar-refractivity contribution < 1.29 is 42.5 Å². The minimum absolute atomic E-state index is 0.103. The van der Waals surface area contributed by atoms with E-state index in [1.807, 2.05) is 0 Å². The van der Waals surface area contributed by atoms with Gasteiger partial charge < -0.3 is 9.64 Å². The summed E-state index contributed by atoms with van der Waals surface area (Å²) in [6.45, 7) is 5.76. The minimum atomic E-state index is -4.94. The summed E-state index contributed by atoms with van der Waals surface area (Å²) in [4.78, 5) is 17.7. The molecule has 1 fully saturated rings. The maximum absolute atomic E-state index is 10.9. The van der Waals surface area contributed by atoms with Crippen LogP contribution in [0.4, 0.5) is 10.8 Å². The zero-order valence-corrected chi connectivity index (χ0v) is 19.2. The standard InChI is InChI=1S/C20H21N4O3S.ClHO4/c1-15-2-6-17(7-3-15)19-21-20(22-10-12-27-13-11-22)28-23(19)14-16-4-8-18(9-5-16)24(25)26;2-1(3,4)5/h2-9H,10-14H2,1H3;(H,2,3,4,5)/q+1;/p-1. The molecule has 1 saturated heterocycles. The summed E-state index contributed by atoms with van der Waals surface area (Å²) in [7, 11) is -4.94. The Morgan fingerprint density at radius 1 is 1.06 bits per heavy atom. The number of hydrogen-bond donors (Lipinski definition) is 0. The Kier molecular flexibility index (Phi) is 8.26. The molecular formula is C20H21ClN4O7S. The summed E-state index contributed by atoms with van der Waals surface area (Å²) in [6.07, 6.45) is 0. The zero-order valence-electron chi connectivity index (χ0n) is 17.6. The molecule has 0 amide bonds. The number of aryl methyl sites for hydroxylation is 1. The Hall–Kier alpha value is -2.71. The van der Waals surface area contributed by atoms with Crippen molar-refractivity contribution in [3.8, 4) is 11.4 Å².